The van der Waals surface area contributed by atoms with Gasteiger partial charge in [0.15, 0.2) is 0 Å². The Labute approximate surface area is 87.1 Å². The Bertz CT molecular complexity index is 331. The van der Waals surface area contributed by atoms with E-state index in [0.717, 1.165) is 12.1 Å². The highest BCUT2D eigenvalue weighted by Crippen LogP contribution is 2.30. The summed E-state index contributed by atoms with van der Waals surface area (Å²) in [7, 11) is 0. The van der Waals surface area contributed by atoms with Gasteiger partial charge in [0.05, 0.1) is 5.56 Å². The van der Waals surface area contributed by atoms with Gasteiger partial charge in [0.2, 0.25) is 0 Å². The number of hydrogen-bond acceptors (Lipinski definition) is 1. The summed E-state index contributed by atoms with van der Waals surface area (Å²) in [5, 5.41) is 0. The van der Waals surface area contributed by atoms with E-state index in [2.05, 4.69) is 6.92 Å². The number of benzene rings is 1. The predicted octanol–water partition coefficient (Wildman–Crippen LogP) is 2.93. The summed E-state index contributed by atoms with van der Waals surface area (Å²) in [6, 6.07) is 3.94. The average Bonchev–Trinajstić information content (AvgIpc) is 2.16. The molecule has 0 atom stereocenters. The zero-order chi connectivity index (χ0) is 11.5. The maximum Gasteiger partial charge on any atom is 0.416 e. The van der Waals surface area contributed by atoms with Gasteiger partial charge in [-0.1, -0.05) is 13.0 Å². The van der Waals surface area contributed by atoms with E-state index in [1.54, 1.807) is 6.07 Å². The highest BCUT2D eigenvalue weighted by molar-refractivity contribution is 5.32. The van der Waals surface area contributed by atoms with E-state index < -0.39 is 11.7 Å². The molecule has 0 aromatic heterocycles. The van der Waals surface area contributed by atoms with Crippen LogP contribution in [0.2, 0.25) is 0 Å². The van der Waals surface area contributed by atoms with Crippen molar-refractivity contribution in [3.8, 4) is 0 Å². The molecule has 1 aromatic rings. The highest BCUT2D eigenvalue weighted by atomic mass is 19.4. The van der Waals surface area contributed by atoms with Crippen LogP contribution in [0.15, 0.2) is 18.2 Å². The van der Waals surface area contributed by atoms with Crippen molar-refractivity contribution in [3.05, 3.63) is 41.8 Å². The van der Waals surface area contributed by atoms with Gasteiger partial charge < -0.3 is 5.73 Å². The minimum Gasteiger partial charge on any atom is -0.326 e. The van der Waals surface area contributed by atoms with Gasteiger partial charge in [0, 0.05) is 6.54 Å². The summed E-state index contributed by atoms with van der Waals surface area (Å²) in [6.07, 6.45) is -3.19. The molecule has 0 unspecified atom stereocenters. The van der Waals surface area contributed by atoms with Crippen LogP contribution >= 0.6 is 0 Å². The van der Waals surface area contributed by atoms with Gasteiger partial charge in [0.1, 0.15) is 0 Å². The Morgan fingerprint density at radius 2 is 1.73 bits per heavy atom. The molecule has 1 radical (unpaired) electrons. The van der Waals surface area contributed by atoms with E-state index in [4.69, 9.17) is 5.73 Å². The molecule has 0 bridgehead atoms. The molecular weight excluding hydrogens is 203 g/mol. The van der Waals surface area contributed by atoms with E-state index in [1.807, 2.05) is 0 Å². The van der Waals surface area contributed by atoms with Crippen molar-refractivity contribution < 1.29 is 13.2 Å². The highest BCUT2D eigenvalue weighted by Gasteiger charge is 2.30. The van der Waals surface area contributed by atoms with Gasteiger partial charge in [-0.15, -0.1) is 0 Å². The van der Waals surface area contributed by atoms with Crippen molar-refractivity contribution in [2.45, 2.75) is 25.6 Å². The normalized spacial score (nSPS) is 11.8. The van der Waals surface area contributed by atoms with Crippen molar-refractivity contribution in [1.82, 2.24) is 0 Å². The maximum absolute atomic E-state index is 12.5. The van der Waals surface area contributed by atoms with Gasteiger partial charge in [0.25, 0.3) is 0 Å². The summed E-state index contributed by atoms with van der Waals surface area (Å²) < 4.78 is 37.4. The van der Waals surface area contributed by atoms with E-state index >= 15 is 0 Å². The second-order valence-corrected chi connectivity index (χ2v) is 3.34. The maximum atomic E-state index is 12.5. The van der Waals surface area contributed by atoms with Crippen LogP contribution in [0.4, 0.5) is 13.2 Å². The first kappa shape index (κ1) is 12.0. The molecule has 1 aromatic carbocycles. The SMILES string of the molecule is [CH2]CCc1cc(CN)cc(C(F)(F)F)c1. The average molecular weight is 216 g/mol. The molecule has 15 heavy (non-hydrogen) atoms. The lowest BCUT2D eigenvalue weighted by Crippen LogP contribution is -2.08. The largest absolute Gasteiger partial charge is 0.416 e. The second-order valence-electron chi connectivity index (χ2n) is 3.34. The standard InChI is InChI=1S/C11H13F3N/c1-2-3-8-4-9(7-15)6-10(5-8)11(12,13)14/h4-6H,1-3,7,15H2. The van der Waals surface area contributed by atoms with Crippen molar-refractivity contribution in [3.63, 3.8) is 0 Å². The van der Waals surface area contributed by atoms with Crippen molar-refractivity contribution in [1.29, 1.82) is 0 Å². The molecule has 0 saturated heterocycles. The topological polar surface area (TPSA) is 26.0 Å². The minimum absolute atomic E-state index is 0.119. The Morgan fingerprint density at radius 1 is 1.13 bits per heavy atom. The van der Waals surface area contributed by atoms with E-state index in [9.17, 15) is 13.2 Å². The number of aryl methyl sites for hydroxylation is 1. The van der Waals surface area contributed by atoms with Crippen LogP contribution in [0.3, 0.4) is 0 Å². The molecule has 0 fully saturated rings. The first-order valence-electron chi connectivity index (χ1n) is 4.66. The van der Waals surface area contributed by atoms with Crippen LogP contribution < -0.4 is 5.73 Å². The third-order valence-corrected chi connectivity index (χ3v) is 2.08. The molecule has 0 aliphatic rings. The van der Waals surface area contributed by atoms with Crippen molar-refractivity contribution >= 4 is 0 Å². The van der Waals surface area contributed by atoms with Gasteiger partial charge in [-0.05, 0) is 36.1 Å². The van der Waals surface area contributed by atoms with Gasteiger partial charge in [-0.2, -0.15) is 13.2 Å². The summed E-state index contributed by atoms with van der Waals surface area (Å²) in [5.74, 6) is 0. The molecule has 4 heteroatoms. The number of hydrogen-bond donors (Lipinski definition) is 1. The molecule has 0 amide bonds. The lowest BCUT2D eigenvalue weighted by molar-refractivity contribution is -0.137. The van der Waals surface area contributed by atoms with Crippen LogP contribution in [0.25, 0.3) is 0 Å². The Morgan fingerprint density at radius 3 is 2.20 bits per heavy atom. The van der Waals surface area contributed by atoms with E-state index in [0.29, 0.717) is 24.0 Å². The third-order valence-electron chi connectivity index (χ3n) is 2.08. The quantitative estimate of drug-likeness (QED) is 0.825. The number of nitrogens with two attached hydrogens (primary N) is 1. The minimum atomic E-state index is -4.30. The first-order chi connectivity index (χ1) is 6.97. The smallest absolute Gasteiger partial charge is 0.326 e. The van der Waals surface area contributed by atoms with Crippen LogP contribution in [-0.4, -0.2) is 0 Å². The number of rotatable bonds is 3. The summed E-state index contributed by atoms with van der Waals surface area (Å²) in [5.41, 5.74) is 5.86. The van der Waals surface area contributed by atoms with Gasteiger partial charge >= 0.3 is 6.18 Å². The molecule has 83 valence electrons. The monoisotopic (exact) mass is 216 g/mol. The molecule has 2 N–H and O–H groups in total. The number of halogens is 3. The summed E-state index contributed by atoms with van der Waals surface area (Å²) in [4.78, 5) is 0. The zero-order valence-corrected chi connectivity index (χ0v) is 8.27. The molecule has 1 nitrogen and oxygen atoms in total. The molecule has 0 spiro atoms. The van der Waals surface area contributed by atoms with Crippen molar-refractivity contribution in [2.75, 3.05) is 0 Å². The Kier molecular flexibility index (Phi) is 3.74. The second kappa shape index (κ2) is 4.66. The molecule has 0 saturated carbocycles. The summed E-state index contributed by atoms with van der Waals surface area (Å²) in [6.45, 7) is 3.73. The molecule has 0 heterocycles. The first-order valence-corrected chi connectivity index (χ1v) is 4.66. The predicted molar refractivity (Wildman–Crippen MR) is 53.0 cm³/mol. The third kappa shape index (κ3) is 3.23. The fourth-order valence-electron chi connectivity index (χ4n) is 1.39. The van der Waals surface area contributed by atoms with Gasteiger partial charge in [-0.25, -0.2) is 0 Å². The van der Waals surface area contributed by atoms with Crippen LogP contribution in [0.5, 0.6) is 0 Å². The zero-order valence-electron chi connectivity index (χ0n) is 8.27. The fourth-order valence-corrected chi connectivity index (χ4v) is 1.39. The lowest BCUT2D eigenvalue weighted by atomic mass is 10.0. The fraction of sp³-hybridized carbons (Fsp3) is 0.364. The molecule has 0 aliphatic heterocycles. The van der Waals surface area contributed by atoms with Gasteiger partial charge in [-0.3, -0.25) is 0 Å². The van der Waals surface area contributed by atoms with Crippen LogP contribution in [-0.2, 0) is 19.1 Å². The van der Waals surface area contributed by atoms with Crippen LogP contribution in [0, 0.1) is 6.92 Å². The molecular formula is C11H13F3N. The van der Waals surface area contributed by atoms with E-state index in [1.165, 1.54) is 0 Å². The Hall–Kier alpha value is -1.03. The van der Waals surface area contributed by atoms with E-state index in [-0.39, 0.29) is 6.54 Å². The number of alkyl halides is 3. The lowest BCUT2D eigenvalue weighted by Gasteiger charge is -2.11. The summed E-state index contributed by atoms with van der Waals surface area (Å²) >= 11 is 0. The Balaban J connectivity index is 3.11. The van der Waals surface area contributed by atoms with Crippen LogP contribution in [0.1, 0.15) is 23.1 Å². The van der Waals surface area contributed by atoms with Crippen molar-refractivity contribution in [2.24, 2.45) is 5.73 Å². The molecule has 1 rings (SSSR count). The molecule has 0 aliphatic carbocycles.